The zero-order valence-electron chi connectivity index (χ0n) is 9.58. The maximum Gasteiger partial charge on any atom is 0.417 e. The van der Waals surface area contributed by atoms with Gasteiger partial charge in [0.2, 0.25) is 0 Å². The molecule has 3 nitrogen and oxygen atoms in total. The molecule has 0 unspecified atom stereocenters. The quantitative estimate of drug-likeness (QED) is 0.917. The predicted octanol–water partition coefficient (Wildman–Crippen LogP) is 3.38. The molecule has 100 valence electrons. The minimum Gasteiger partial charge on any atom is -0.326 e. The Morgan fingerprint density at radius 1 is 1.16 bits per heavy atom. The van der Waals surface area contributed by atoms with Crippen LogP contribution < -0.4 is 5.73 Å². The Kier molecular flexibility index (Phi) is 3.86. The lowest BCUT2D eigenvalue weighted by Gasteiger charge is -2.12. The number of hydrogen-bond acceptors (Lipinski definition) is 3. The first-order chi connectivity index (χ1) is 8.91. The number of hydrogen-bond donors (Lipinski definition) is 1. The first kappa shape index (κ1) is 14.0. The van der Waals surface area contributed by atoms with Crippen LogP contribution >= 0.6 is 15.9 Å². The van der Waals surface area contributed by atoms with E-state index in [2.05, 4.69) is 25.9 Å². The molecule has 0 fully saturated rings. The van der Waals surface area contributed by atoms with Gasteiger partial charge < -0.3 is 5.73 Å². The van der Waals surface area contributed by atoms with Crippen LogP contribution in [0.3, 0.4) is 0 Å². The zero-order valence-corrected chi connectivity index (χ0v) is 11.2. The van der Waals surface area contributed by atoms with Crippen LogP contribution in [0.1, 0.15) is 11.1 Å². The Balaban J connectivity index is 2.54. The lowest BCUT2D eigenvalue weighted by atomic mass is 10.1. The van der Waals surface area contributed by atoms with Crippen LogP contribution in [0, 0.1) is 0 Å². The largest absolute Gasteiger partial charge is 0.417 e. The van der Waals surface area contributed by atoms with E-state index in [0.29, 0.717) is 10.0 Å². The van der Waals surface area contributed by atoms with Gasteiger partial charge in [0.1, 0.15) is 0 Å². The van der Waals surface area contributed by atoms with Crippen LogP contribution in [-0.2, 0) is 12.7 Å². The van der Waals surface area contributed by atoms with Gasteiger partial charge in [-0.2, -0.15) is 13.2 Å². The fraction of sp³-hybridized carbons (Fsp3) is 0.167. The Bertz CT molecular complexity index is 582. The van der Waals surface area contributed by atoms with E-state index in [0.717, 1.165) is 6.07 Å². The van der Waals surface area contributed by atoms with Crippen LogP contribution in [0.4, 0.5) is 13.2 Å². The monoisotopic (exact) mass is 331 g/mol. The van der Waals surface area contributed by atoms with E-state index < -0.39 is 11.7 Å². The molecule has 0 aliphatic heterocycles. The Morgan fingerprint density at radius 2 is 1.79 bits per heavy atom. The van der Waals surface area contributed by atoms with E-state index in [1.54, 1.807) is 0 Å². The average molecular weight is 332 g/mol. The molecule has 19 heavy (non-hydrogen) atoms. The molecule has 1 heterocycles. The van der Waals surface area contributed by atoms with Gasteiger partial charge in [-0.15, -0.1) is 0 Å². The summed E-state index contributed by atoms with van der Waals surface area (Å²) in [7, 11) is 0. The molecule has 7 heteroatoms. The van der Waals surface area contributed by atoms with Gasteiger partial charge in [0.15, 0.2) is 5.82 Å². The second kappa shape index (κ2) is 5.26. The second-order valence-corrected chi connectivity index (χ2v) is 4.72. The van der Waals surface area contributed by atoms with Crippen molar-refractivity contribution in [3.8, 4) is 11.4 Å². The summed E-state index contributed by atoms with van der Waals surface area (Å²) in [6.45, 7) is 0.243. The van der Waals surface area contributed by atoms with Crippen molar-refractivity contribution >= 4 is 15.9 Å². The molecular formula is C12H9BrF3N3. The van der Waals surface area contributed by atoms with Crippen molar-refractivity contribution in [1.29, 1.82) is 0 Å². The molecule has 0 atom stereocenters. The lowest BCUT2D eigenvalue weighted by molar-refractivity contribution is -0.137. The van der Waals surface area contributed by atoms with Gasteiger partial charge in [-0.3, -0.25) is 0 Å². The predicted molar refractivity (Wildman–Crippen MR) is 68.1 cm³/mol. The number of aromatic nitrogens is 2. The molecular weight excluding hydrogens is 323 g/mol. The molecule has 2 N–H and O–H groups in total. The highest BCUT2D eigenvalue weighted by Gasteiger charge is 2.34. The van der Waals surface area contributed by atoms with Crippen molar-refractivity contribution in [1.82, 2.24) is 9.97 Å². The number of nitrogens with zero attached hydrogens (tertiary/aromatic N) is 2. The summed E-state index contributed by atoms with van der Waals surface area (Å²) in [5.74, 6) is 0.0250. The smallest absolute Gasteiger partial charge is 0.326 e. The first-order valence-corrected chi connectivity index (χ1v) is 6.09. The number of benzene rings is 1. The molecule has 0 aliphatic rings. The number of nitrogens with two attached hydrogens (primary N) is 1. The molecule has 0 amide bonds. The summed E-state index contributed by atoms with van der Waals surface area (Å²) >= 11 is 3.03. The highest BCUT2D eigenvalue weighted by atomic mass is 79.9. The third-order valence-electron chi connectivity index (χ3n) is 2.47. The first-order valence-electron chi connectivity index (χ1n) is 5.30. The molecule has 2 aromatic rings. The van der Waals surface area contributed by atoms with Gasteiger partial charge in [-0.25, -0.2) is 9.97 Å². The number of rotatable bonds is 2. The van der Waals surface area contributed by atoms with Crippen molar-refractivity contribution in [3.05, 3.63) is 46.2 Å². The van der Waals surface area contributed by atoms with Crippen LogP contribution in [0.25, 0.3) is 11.4 Å². The molecule has 0 spiro atoms. The number of alkyl halides is 3. The molecule has 1 aromatic heterocycles. The van der Waals surface area contributed by atoms with E-state index in [1.165, 1.54) is 24.5 Å². The third-order valence-corrected chi connectivity index (χ3v) is 2.96. The van der Waals surface area contributed by atoms with Crippen molar-refractivity contribution < 1.29 is 13.2 Å². The highest BCUT2D eigenvalue weighted by Crippen LogP contribution is 2.37. The minimum absolute atomic E-state index is 0.0250. The third kappa shape index (κ3) is 3.10. The van der Waals surface area contributed by atoms with Crippen LogP contribution in [0.2, 0.25) is 0 Å². The van der Waals surface area contributed by atoms with Gasteiger partial charge in [-0.1, -0.05) is 15.9 Å². The van der Waals surface area contributed by atoms with Gasteiger partial charge >= 0.3 is 6.18 Å². The molecule has 0 saturated heterocycles. The molecule has 0 bridgehead atoms. The van der Waals surface area contributed by atoms with Gasteiger partial charge in [0, 0.05) is 34.5 Å². The second-order valence-electron chi connectivity index (χ2n) is 3.81. The lowest BCUT2D eigenvalue weighted by Crippen LogP contribution is -2.08. The summed E-state index contributed by atoms with van der Waals surface area (Å²) in [6, 6.07) is 3.87. The molecule has 0 radical (unpaired) electrons. The van der Waals surface area contributed by atoms with Gasteiger partial charge in [0.25, 0.3) is 0 Å². The highest BCUT2D eigenvalue weighted by molar-refractivity contribution is 9.10. The SMILES string of the molecule is NCc1cnc(-c2ccc(Br)cc2C(F)(F)F)nc1. The van der Waals surface area contributed by atoms with Crippen molar-refractivity contribution in [2.24, 2.45) is 5.73 Å². The summed E-state index contributed by atoms with van der Waals surface area (Å²) < 4.78 is 39.2. The van der Waals surface area contributed by atoms with Crippen LogP contribution in [0.5, 0.6) is 0 Å². The maximum absolute atomic E-state index is 13.0. The van der Waals surface area contributed by atoms with Crippen molar-refractivity contribution in [3.63, 3.8) is 0 Å². The van der Waals surface area contributed by atoms with Crippen molar-refractivity contribution in [2.45, 2.75) is 12.7 Å². The Morgan fingerprint density at radius 3 is 2.32 bits per heavy atom. The molecule has 1 aromatic carbocycles. The van der Waals surface area contributed by atoms with Gasteiger partial charge in [-0.05, 0) is 18.2 Å². The summed E-state index contributed by atoms with van der Waals surface area (Å²) in [5, 5.41) is 0. The molecule has 0 aliphatic carbocycles. The average Bonchev–Trinajstić information content (AvgIpc) is 2.38. The van der Waals surface area contributed by atoms with Crippen LogP contribution in [0.15, 0.2) is 35.1 Å². The van der Waals surface area contributed by atoms with E-state index >= 15 is 0 Å². The zero-order chi connectivity index (χ0) is 14.0. The number of halogens is 4. The standard InChI is InChI=1S/C12H9BrF3N3/c13-8-1-2-9(10(3-8)12(14,15)16)11-18-5-7(4-17)6-19-11/h1-3,5-6H,4,17H2. The fourth-order valence-corrected chi connectivity index (χ4v) is 1.91. The van der Waals surface area contributed by atoms with Crippen molar-refractivity contribution in [2.75, 3.05) is 0 Å². The van der Waals surface area contributed by atoms with E-state index in [9.17, 15) is 13.2 Å². The van der Waals surface area contributed by atoms with E-state index in [1.807, 2.05) is 0 Å². The topological polar surface area (TPSA) is 51.8 Å². The van der Waals surface area contributed by atoms with Gasteiger partial charge in [0.05, 0.1) is 5.56 Å². The summed E-state index contributed by atoms with van der Waals surface area (Å²) in [6.07, 6.45) is -1.62. The summed E-state index contributed by atoms with van der Waals surface area (Å²) in [5.41, 5.74) is 5.22. The normalized spacial score (nSPS) is 11.6. The van der Waals surface area contributed by atoms with E-state index in [4.69, 9.17) is 5.73 Å². The maximum atomic E-state index is 13.0. The Hall–Kier alpha value is -1.47. The minimum atomic E-state index is -4.46. The fourth-order valence-electron chi connectivity index (χ4n) is 1.55. The summed E-state index contributed by atoms with van der Waals surface area (Å²) in [4.78, 5) is 7.83. The Labute approximate surface area is 115 Å². The van der Waals surface area contributed by atoms with E-state index in [-0.39, 0.29) is 17.9 Å². The van der Waals surface area contributed by atoms with Crippen LogP contribution in [-0.4, -0.2) is 9.97 Å². The molecule has 0 saturated carbocycles. The molecule has 2 rings (SSSR count).